The van der Waals surface area contributed by atoms with E-state index in [-0.39, 0.29) is 17.2 Å². The molecule has 21 heavy (non-hydrogen) atoms. The summed E-state index contributed by atoms with van der Waals surface area (Å²) >= 11 is 0. The molecule has 0 spiro atoms. The quantitative estimate of drug-likeness (QED) is 0.454. The molecule has 0 aliphatic rings. The third-order valence-corrected chi connectivity index (χ3v) is 2.91. The van der Waals surface area contributed by atoms with Crippen molar-refractivity contribution in [3.05, 3.63) is 23.8 Å². The van der Waals surface area contributed by atoms with Gasteiger partial charge in [0.2, 0.25) is 0 Å². The molecule has 1 rings (SSSR count). The van der Waals surface area contributed by atoms with Crippen molar-refractivity contribution in [3.63, 3.8) is 0 Å². The van der Waals surface area contributed by atoms with Crippen LogP contribution in [0.2, 0.25) is 0 Å². The molecule has 1 aromatic carbocycles. The molecule has 1 aromatic rings. The second-order valence-electron chi connectivity index (χ2n) is 4.65. The lowest BCUT2D eigenvalue weighted by Gasteiger charge is -2.17. The van der Waals surface area contributed by atoms with Crippen molar-refractivity contribution in [2.45, 2.75) is 32.8 Å². The van der Waals surface area contributed by atoms with E-state index in [4.69, 9.17) is 10.5 Å². The summed E-state index contributed by atoms with van der Waals surface area (Å²) in [5.41, 5.74) is 6.36. The van der Waals surface area contributed by atoms with E-state index in [2.05, 4.69) is 10.1 Å². The van der Waals surface area contributed by atoms with Crippen molar-refractivity contribution in [3.8, 4) is 5.75 Å². The zero-order chi connectivity index (χ0) is 15.8. The minimum Gasteiger partial charge on any atom is -0.480 e. The van der Waals surface area contributed by atoms with Gasteiger partial charge in [0.15, 0.2) is 6.10 Å². The number of benzene rings is 1. The highest BCUT2D eigenvalue weighted by Gasteiger charge is 2.19. The number of anilines is 1. The van der Waals surface area contributed by atoms with Crippen molar-refractivity contribution in [1.82, 2.24) is 5.32 Å². The molecule has 0 heterocycles. The standard InChI is InChI=1S/C15H22N2O4/c1-4-5-8-17-14(18)10(2)21-13-9-11(16)6-7-12(13)15(19)20-3/h6-7,9-10H,4-5,8,16H2,1-3H3,(H,17,18). The highest BCUT2D eigenvalue weighted by Crippen LogP contribution is 2.23. The first-order chi connectivity index (χ1) is 9.99. The summed E-state index contributed by atoms with van der Waals surface area (Å²) in [5.74, 6) is -0.537. The van der Waals surface area contributed by atoms with E-state index in [1.54, 1.807) is 13.0 Å². The Labute approximate surface area is 124 Å². The Bertz CT molecular complexity index is 502. The van der Waals surface area contributed by atoms with Gasteiger partial charge in [0.25, 0.3) is 5.91 Å². The molecule has 0 fully saturated rings. The lowest BCUT2D eigenvalue weighted by molar-refractivity contribution is -0.127. The van der Waals surface area contributed by atoms with Crippen LogP contribution in [0, 0.1) is 0 Å². The van der Waals surface area contributed by atoms with Gasteiger partial charge in [0.05, 0.1) is 7.11 Å². The van der Waals surface area contributed by atoms with Gasteiger partial charge in [-0.05, 0) is 25.5 Å². The van der Waals surface area contributed by atoms with Crippen molar-refractivity contribution in [2.75, 3.05) is 19.4 Å². The predicted molar refractivity (Wildman–Crippen MR) is 80.2 cm³/mol. The summed E-state index contributed by atoms with van der Waals surface area (Å²) < 4.78 is 10.2. The van der Waals surface area contributed by atoms with Crippen LogP contribution >= 0.6 is 0 Å². The number of nitrogen functional groups attached to an aromatic ring is 1. The second kappa shape index (κ2) is 8.14. The third-order valence-electron chi connectivity index (χ3n) is 2.91. The molecule has 3 N–H and O–H groups in total. The first-order valence-electron chi connectivity index (χ1n) is 6.91. The first kappa shape index (κ1) is 16.8. The van der Waals surface area contributed by atoms with Crippen LogP contribution in [0.25, 0.3) is 0 Å². The van der Waals surface area contributed by atoms with Crippen LogP contribution < -0.4 is 15.8 Å². The van der Waals surface area contributed by atoms with Crippen LogP contribution in [0.1, 0.15) is 37.0 Å². The van der Waals surface area contributed by atoms with E-state index in [9.17, 15) is 9.59 Å². The van der Waals surface area contributed by atoms with Crippen LogP contribution in [0.3, 0.4) is 0 Å². The molecule has 116 valence electrons. The van der Waals surface area contributed by atoms with Crippen molar-refractivity contribution < 1.29 is 19.1 Å². The van der Waals surface area contributed by atoms with E-state index in [1.807, 2.05) is 6.92 Å². The summed E-state index contributed by atoms with van der Waals surface area (Å²) in [6.07, 6.45) is 1.17. The molecule has 0 bridgehead atoms. The number of carbonyl (C=O) groups excluding carboxylic acids is 2. The number of esters is 1. The normalized spacial score (nSPS) is 11.6. The van der Waals surface area contributed by atoms with Crippen LogP contribution in [-0.2, 0) is 9.53 Å². The lowest BCUT2D eigenvalue weighted by Crippen LogP contribution is -2.37. The molecule has 0 radical (unpaired) electrons. The van der Waals surface area contributed by atoms with Gasteiger partial charge in [-0.3, -0.25) is 4.79 Å². The van der Waals surface area contributed by atoms with Gasteiger partial charge in [-0.15, -0.1) is 0 Å². The Hall–Kier alpha value is -2.24. The first-order valence-corrected chi connectivity index (χ1v) is 6.91. The van der Waals surface area contributed by atoms with Crippen LogP contribution in [0.4, 0.5) is 5.69 Å². The molecule has 6 nitrogen and oxygen atoms in total. The number of amides is 1. The van der Waals surface area contributed by atoms with Crippen molar-refractivity contribution in [2.24, 2.45) is 0 Å². The van der Waals surface area contributed by atoms with E-state index in [1.165, 1.54) is 19.2 Å². The molecule has 0 saturated carbocycles. The van der Waals surface area contributed by atoms with Crippen LogP contribution in [-0.4, -0.2) is 31.6 Å². The van der Waals surface area contributed by atoms with E-state index >= 15 is 0 Å². The number of unbranched alkanes of at least 4 members (excludes halogenated alkanes) is 1. The summed E-state index contributed by atoms with van der Waals surface area (Å²) in [5, 5.41) is 2.77. The summed E-state index contributed by atoms with van der Waals surface area (Å²) in [4.78, 5) is 23.5. The van der Waals surface area contributed by atoms with Gasteiger partial charge in [-0.2, -0.15) is 0 Å². The maximum atomic E-state index is 11.9. The summed E-state index contributed by atoms with van der Waals surface area (Å²) in [6.45, 7) is 4.26. The van der Waals surface area contributed by atoms with Crippen LogP contribution in [0.15, 0.2) is 18.2 Å². The van der Waals surface area contributed by atoms with Crippen LogP contribution in [0.5, 0.6) is 5.75 Å². The molecule has 0 aromatic heterocycles. The number of hydrogen-bond acceptors (Lipinski definition) is 5. The third kappa shape index (κ3) is 4.98. The van der Waals surface area contributed by atoms with E-state index in [0.717, 1.165) is 12.8 Å². The van der Waals surface area contributed by atoms with Gasteiger partial charge < -0.3 is 20.5 Å². The number of carbonyl (C=O) groups is 2. The maximum absolute atomic E-state index is 11.9. The fourth-order valence-corrected chi connectivity index (χ4v) is 1.69. The molecule has 0 aliphatic heterocycles. The average Bonchev–Trinajstić information content (AvgIpc) is 2.46. The number of hydrogen-bond donors (Lipinski definition) is 2. The number of methoxy groups -OCH3 is 1. The van der Waals surface area contributed by atoms with Crippen molar-refractivity contribution in [1.29, 1.82) is 0 Å². The fourth-order valence-electron chi connectivity index (χ4n) is 1.69. The Morgan fingerprint density at radius 1 is 1.38 bits per heavy atom. The maximum Gasteiger partial charge on any atom is 0.341 e. The van der Waals surface area contributed by atoms with Gasteiger partial charge in [0.1, 0.15) is 11.3 Å². The second-order valence-corrected chi connectivity index (χ2v) is 4.65. The number of rotatable bonds is 7. The van der Waals surface area contributed by atoms with Gasteiger partial charge in [0, 0.05) is 18.3 Å². The monoisotopic (exact) mass is 294 g/mol. The van der Waals surface area contributed by atoms with E-state index < -0.39 is 12.1 Å². The van der Waals surface area contributed by atoms with Crippen molar-refractivity contribution >= 4 is 17.6 Å². The molecular formula is C15H22N2O4. The number of nitrogens with one attached hydrogen (secondary N) is 1. The molecule has 1 amide bonds. The molecule has 0 aliphatic carbocycles. The van der Waals surface area contributed by atoms with Gasteiger partial charge in [-0.25, -0.2) is 4.79 Å². The van der Waals surface area contributed by atoms with Gasteiger partial charge in [-0.1, -0.05) is 13.3 Å². The molecule has 1 unspecified atom stereocenters. The highest BCUT2D eigenvalue weighted by atomic mass is 16.5. The Morgan fingerprint density at radius 2 is 2.10 bits per heavy atom. The largest absolute Gasteiger partial charge is 0.480 e. The zero-order valence-electron chi connectivity index (χ0n) is 12.6. The minimum absolute atomic E-state index is 0.235. The molecule has 1 atom stereocenters. The smallest absolute Gasteiger partial charge is 0.341 e. The van der Waals surface area contributed by atoms with Gasteiger partial charge >= 0.3 is 5.97 Å². The predicted octanol–water partition coefficient (Wildman–Crippen LogP) is 1.74. The Balaban J connectivity index is 2.79. The Morgan fingerprint density at radius 3 is 2.71 bits per heavy atom. The Kier molecular flexibility index (Phi) is 6.52. The zero-order valence-corrected chi connectivity index (χ0v) is 12.6. The topological polar surface area (TPSA) is 90.6 Å². The number of nitrogens with two attached hydrogens (primary N) is 1. The molecular weight excluding hydrogens is 272 g/mol. The molecule has 0 saturated heterocycles. The number of ether oxygens (including phenoxy) is 2. The summed E-state index contributed by atoms with van der Waals surface area (Å²) in [7, 11) is 1.28. The SMILES string of the molecule is CCCCNC(=O)C(C)Oc1cc(N)ccc1C(=O)OC. The minimum atomic E-state index is -0.730. The highest BCUT2D eigenvalue weighted by molar-refractivity contribution is 5.93. The fraction of sp³-hybridized carbons (Fsp3) is 0.467. The molecule has 6 heteroatoms. The average molecular weight is 294 g/mol. The summed E-state index contributed by atoms with van der Waals surface area (Å²) in [6, 6.07) is 4.59. The lowest BCUT2D eigenvalue weighted by atomic mass is 10.2. The van der Waals surface area contributed by atoms with E-state index in [0.29, 0.717) is 12.2 Å².